The molecule has 2 unspecified atom stereocenters. The molecule has 23 heavy (non-hydrogen) atoms. The van der Waals surface area contributed by atoms with Gasteiger partial charge in [0.05, 0.1) is 7.11 Å². The van der Waals surface area contributed by atoms with Crippen LogP contribution < -0.4 is 10.5 Å². The van der Waals surface area contributed by atoms with Gasteiger partial charge in [0.25, 0.3) is 0 Å². The van der Waals surface area contributed by atoms with Gasteiger partial charge >= 0.3 is 0 Å². The van der Waals surface area contributed by atoms with Gasteiger partial charge < -0.3 is 15.4 Å². The van der Waals surface area contributed by atoms with Crippen LogP contribution in [0.15, 0.2) is 18.2 Å². The minimum Gasteiger partial charge on any atom is -0.494 e. The van der Waals surface area contributed by atoms with Crippen molar-refractivity contribution in [3.63, 3.8) is 0 Å². The molecule has 1 heterocycles. The van der Waals surface area contributed by atoms with E-state index in [4.69, 9.17) is 10.5 Å². The lowest BCUT2D eigenvalue weighted by molar-refractivity contribution is -0.135. The van der Waals surface area contributed by atoms with Gasteiger partial charge in [-0.3, -0.25) is 4.79 Å². The van der Waals surface area contributed by atoms with Gasteiger partial charge in [0.15, 0.2) is 11.6 Å². The summed E-state index contributed by atoms with van der Waals surface area (Å²) in [6.45, 7) is 2.73. The Hall–Kier alpha value is -1.33. The first-order valence-electron chi connectivity index (χ1n) is 7.90. The third-order valence-electron chi connectivity index (χ3n) is 4.32. The fourth-order valence-electron chi connectivity index (χ4n) is 3.07. The average Bonchev–Trinajstić information content (AvgIpc) is 2.52. The van der Waals surface area contributed by atoms with E-state index < -0.39 is 0 Å². The maximum absolute atomic E-state index is 13.7. The molecule has 1 saturated heterocycles. The summed E-state index contributed by atoms with van der Waals surface area (Å²) in [6.07, 6.45) is 4.04. The van der Waals surface area contributed by atoms with Crippen LogP contribution in [0.1, 0.15) is 38.2 Å². The number of hydrogen-bond donors (Lipinski definition) is 1. The first kappa shape index (κ1) is 19.7. The van der Waals surface area contributed by atoms with Crippen LogP contribution in [0, 0.1) is 5.82 Å². The topological polar surface area (TPSA) is 55.6 Å². The number of nitrogens with zero attached hydrogens (tertiary/aromatic N) is 1. The highest BCUT2D eigenvalue weighted by molar-refractivity contribution is 5.85. The van der Waals surface area contributed by atoms with E-state index in [2.05, 4.69) is 0 Å². The molecule has 2 atom stereocenters. The van der Waals surface area contributed by atoms with Crippen LogP contribution in [0.2, 0.25) is 0 Å². The highest BCUT2D eigenvalue weighted by Gasteiger charge is 2.28. The van der Waals surface area contributed by atoms with Crippen molar-refractivity contribution in [3.8, 4) is 5.75 Å². The van der Waals surface area contributed by atoms with Crippen LogP contribution in [0.3, 0.4) is 0 Å². The van der Waals surface area contributed by atoms with E-state index in [1.54, 1.807) is 12.1 Å². The summed E-state index contributed by atoms with van der Waals surface area (Å²) in [6, 6.07) is 4.96. The summed E-state index contributed by atoms with van der Waals surface area (Å²) >= 11 is 0. The minimum absolute atomic E-state index is 0. The van der Waals surface area contributed by atoms with E-state index in [9.17, 15) is 9.18 Å². The van der Waals surface area contributed by atoms with Crippen molar-refractivity contribution in [2.24, 2.45) is 5.73 Å². The number of carbonyl (C=O) groups is 1. The quantitative estimate of drug-likeness (QED) is 0.893. The number of halogens is 2. The number of benzene rings is 1. The molecule has 2 rings (SSSR count). The Balaban J connectivity index is 0.00000264. The normalized spacial score (nSPS) is 19.0. The molecule has 6 heteroatoms. The lowest BCUT2D eigenvalue weighted by atomic mass is 9.96. The predicted octanol–water partition coefficient (Wildman–Crippen LogP) is 2.92. The van der Waals surface area contributed by atoms with E-state index in [1.165, 1.54) is 13.2 Å². The highest BCUT2D eigenvalue weighted by atomic mass is 35.5. The molecule has 1 fully saturated rings. The van der Waals surface area contributed by atoms with Crippen LogP contribution in [0.25, 0.3) is 0 Å². The number of amides is 1. The summed E-state index contributed by atoms with van der Waals surface area (Å²) < 4.78 is 18.6. The van der Waals surface area contributed by atoms with E-state index >= 15 is 0 Å². The van der Waals surface area contributed by atoms with Gasteiger partial charge in [-0.2, -0.15) is 0 Å². The van der Waals surface area contributed by atoms with Crippen molar-refractivity contribution in [3.05, 3.63) is 29.6 Å². The Morgan fingerprint density at radius 3 is 2.83 bits per heavy atom. The molecule has 0 saturated carbocycles. The van der Waals surface area contributed by atoms with Gasteiger partial charge in [0.2, 0.25) is 5.91 Å². The van der Waals surface area contributed by atoms with Crippen molar-refractivity contribution in [1.82, 2.24) is 4.90 Å². The van der Waals surface area contributed by atoms with Crippen molar-refractivity contribution in [2.75, 3.05) is 13.7 Å². The zero-order valence-corrected chi connectivity index (χ0v) is 14.6. The number of aryl methyl sites for hydroxylation is 1. The third-order valence-corrected chi connectivity index (χ3v) is 4.32. The molecule has 1 amide bonds. The number of methoxy groups -OCH3 is 1. The highest BCUT2D eigenvalue weighted by Crippen LogP contribution is 2.22. The maximum atomic E-state index is 13.7. The Morgan fingerprint density at radius 2 is 2.22 bits per heavy atom. The molecule has 1 aromatic carbocycles. The van der Waals surface area contributed by atoms with Gasteiger partial charge in [-0.05, 0) is 50.3 Å². The fraction of sp³-hybridized carbons (Fsp3) is 0.588. The minimum atomic E-state index is -0.390. The monoisotopic (exact) mass is 344 g/mol. The van der Waals surface area contributed by atoms with Crippen molar-refractivity contribution in [1.29, 1.82) is 0 Å². The second-order valence-corrected chi connectivity index (χ2v) is 5.98. The number of piperidine rings is 1. The molecule has 0 bridgehead atoms. The summed E-state index contributed by atoms with van der Waals surface area (Å²) in [5.41, 5.74) is 6.80. The van der Waals surface area contributed by atoms with Gasteiger partial charge in [-0.25, -0.2) is 4.39 Å². The molecule has 4 nitrogen and oxygen atoms in total. The number of likely N-dealkylation sites (tertiary alicyclic amines) is 1. The summed E-state index contributed by atoms with van der Waals surface area (Å²) in [5.74, 6) is -0.0553. The molecule has 0 radical (unpaired) electrons. The van der Waals surface area contributed by atoms with Crippen LogP contribution in [-0.4, -0.2) is 36.5 Å². The first-order chi connectivity index (χ1) is 10.5. The molecule has 0 spiro atoms. The molecule has 2 N–H and O–H groups in total. The van der Waals surface area contributed by atoms with Crippen LogP contribution in [-0.2, 0) is 11.2 Å². The standard InChI is InChI=1S/C17H25FN2O2.ClH/c1-12(19)15-5-3-4-10-20(15)17(21)9-7-13-6-8-16(22-2)14(18)11-13;/h6,8,11-12,15H,3-5,7,9-10,19H2,1-2H3;1H. The summed E-state index contributed by atoms with van der Waals surface area (Å²) in [5, 5.41) is 0. The zero-order valence-electron chi connectivity index (χ0n) is 13.8. The van der Waals surface area contributed by atoms with E-state index in [1.807, 2.05) is 11.8 Å². The Kier molecular flexibility index (Phi) is 7.79. The van der Waals surface area contributed by atoms with Crippen LogP contribution in [0.4, 0.5) is 4.39 Å². The van der Waals surface area contributed by atoms with Crippen LogP contribution >= 0.6 is 12.4 Å². The molecular weight excluding hydrogens is 319 g/mol. The number of carbonyl (C=O) groups excluding carboxylic acids is 1. The van der Waals surface area contributed by atoms with Crippen LogP contribution in [0.5, 0.6) is 5.75 Å². The predicted molar refractivity (Wildman–Crippen MR) is 91.5 cm³/mol. The van der Waals surface area contributed by atoms with Gasteiger partial charge in [-0.15, -0.1) is 12.4 Å². The van der Waals surface area contributed by atoms with Crippen molar-refractivity contribution in [2.45, 2.75) is 51.1 Å². The second-order valence-electron chi connectivity index (χ2n) is 5.98. The fourth-order valence-corrected chi connectivity index (χ4v) is 3.07. The largest absolute Gasteiger partial charge is 0.494 e. The summed E-state index contributed by atoms with van der Waals surface area (Å²) in [4.78, 5) is 14.4. The van der Waals surface area contributed by atoms with Crippen molar-refractivity contribution < 1.29 is 13.9 Å². The number of ether oxygens (including phenoxy) is 1. The maximum Gasteiger partial charge on any atom is 0.223 e. The molecule has 1 aromatic rings. The lowest BCUT2D eigenvalue weighted by Gasteiger charge is -2.38. The molecular formula is C17H26ClFN2O2. The SMILES string of the molecule is COc1ccc(CCC(=O)N2CCCCC2C(C)N)cc1F.Cl. The third kappa shape index (κ3) is 5.08. The van der Waals surface area contributed by atoms with Gasteiger partial charge in [0, 0.05) is 25.0 Å². The summed E-state index contributed by atoms with van der Waals surface area (Å²) in [7, 11) is 1.44. The molecule has 0 aliphatic carbocycles. The number of hydrogen-bond acceptors (Lipinski definition) is 3. The second kappa shape index (κ2) is 9.08. The number of nitrogens with two attached hydrogens (primary N) is 1. The van der Waals surface area contributed by atoms with E-state index in [0.717, 1.165) is 31.4 Å². The van der Waals surface area contributed by atoms with E-state index in [0.29, 0.717) is 12.8 Å². The molecule has 0 aromatic heterocycles. The van der Waals surface area contributed by atoms with Gasteiger partial charge in [0.1, 0.15) is 0 Å². The number of rotatable bonds is 5. The molecule has 1 aliphatic heterocycles. The Morgan fingerprint density at radius 1 is 1.48 bits per heavy atom. The Bertz CT molecular complexity index is 525. The molecule has 1 aliphatic rings. The zero-order chi connectivity index (χ0) is 16.1. The lowest BCUT2D eigenvalue weighted by Crippen LogP contribution is -2.51. The van der Waals surface area contributed by atoms with Crippen molar-refractivity contribution >= 4 is 18.3 Å². The molecule has 130 valence electrons. The Labute approximate surface area is 143 Å². The van der Waals surface area contributed by atoms with E-state index in [-0.39, 0.29) is 42.0 Å². The smallest absolute Gasteiger partial charge is 0.223 e. The van der Waals surface area contributed by atoms with Gasteiger partial charge in [-0.1, -0.05) is 6.07 Å². The first-order valence-corrected chi connectivity index (χ1v) is 7.90. The average molecular weight is 345 g/mol.